The van der Waals surface area contributed by atoms with E-state index in [0.29, 0.717) is 11.5 Å². The summed E-state index contributed by atoms with van der Waals surface area (Å²) in [6, 6.07) is 5.44. The summed E-state index contributed by atoms with van der Waals surface area (Å²) in [5, 5.41) is 11.9. The lowest BCUT2D eigenvalue weighted by molar-refractivity contribution is 0.192. The van der Waals surface area contributed by atoms with Crippen molar-refractivity contribution < 1.29 is 4.74 Å². The maximum Gasteiger partial charge on any atom is 0.165 e. The lowest BCUT2D eigenvalue weighted by Crippen LogP contribution is -2.05. The molecule has 0 saturated heterocycles. The Hall–Kier alpha value is -1.80. The maximum absolute atomic E-state index is 8.78. The average molecular weight is 234 g/mol. The molecule has 0 bridgehead atoms. The quantitative estimate of drug-likeness (QED) is 0.702. The van der Waals surface area contributed by atoms with Gasteiger partial charge < -0.3 is 15.8 Å². The minimum absolute atomic E-state index is 0.273. The Morgan fingerprint density at radius 2 is 2.24 bits per heavy atom. The van der Waals surface area contributed by atoms with Crippen molar-refractivity contribution >= 4 is 11.5 Å². The van der Waals surface area contributed by atoms with Crippen LogP contribution in [0.1, 0.15) is 25.0 Å². The van der Waals surface area contributed by atoms with Crippen molar-refractivity contribution in [1.82, 2.24) is 4.98 Å². The molecule has 0 aliphatic heterocycles. The number of rotatable bonds is 7. The molecule has 3 N–H and O–H groups in total. The minimum Gasteiger partial charge on any atom is -0.396 e. The molecule has 0 aliphatic carbocycles. The van der Waals surface area contributed by atoms with Gasteiger partial charge in [-0.3, -0.25) is 0 Å². The molecule has 0 aliphatic rings. The van der Waals surface area contributed by atoms with Crippen molar-refractivity contribution in [2.24, 2.45) is 0 Å². The van der Waals surface area contributed by atoms with Crippen LogP contribution < -0.4 is 11.1 Å². The van der Waals surface area contributed by atoms with E-state index in [2.05, 4.69) is 10.3 Å². The highest BCUT2D eigenvalue weighted by Crippen LogP contribution is 2.12. The maximum atomic E-state index is 8.78. The minimum atomic E-state index is 0.273. The second-order valence-corrected chi connectivity index (χ2v) is 3.73. The number of unbranched alkanes of at least 4 members (excludes halogenated alkanes) is 2. The normalized spacial score (nSPS) is 9.88. The van der Waals surface area contributed by atoms with Crippen molar-refractivity contribution in [3.63, 3.8) is 0 Å². The second-order valence-electron chi connectivity index (χ2n) is 3.73. The van der Waals surface area contributed by atoms with E-state index in [4.69, 9.17) is 15.7 Å². The van der Waals surface area contributed by atoms with Gasteiger partial charge in [0.1, 0.15) is 11.9 Å². The summed E-state index contributed by atoms with van der Waals surface area (Å²) in [6.07, 6.45) is 3.23. The molecule has 0 aromatic carbocycles. The van der Waals surface area contributed by atoms with E-state index in [1.165, 1.54) is 0 Å². The molecule has 0 atom stereocenters. The Kier molecular flexibility index (Phi) is 5.83. The molecular weight excluding hydrogens is 216 g/mol. The third kappa shape index (κ3) is 4.70. The first-order valence-corrected chi connectivity index (χ1v) is 5.67. The van der Waals surface area contributed by atoms with Crippen LogP contribution in [0.2, 0.25) is 0 Å². The predicted molar refractivity (Wildman–Crippen MR) is 67.6 cm³/mol. The number of nitriles is 1. The van der Waals surface area contributed by atoms with Gasteiger partial charge in [-0.25, -0.2) is 4.98 Å². The Balaban J connectivity index is 2.30. The zero-order valence-corrected chi connectivity index (χ0v) is 10.1. The first-order chi connectivity index (χ1) is 8.27. The van der Waals surface area contributed by atoms with Crippen LogP contribution in [0.25, 0.3) is 0 Å². The number of hydrogen-bond donors (Lipinski definition) is 2. The van der Waals surface area contributed by atoms with E-state index in [1.807, 2.05) is 6.07 Å². The molecule has 1 aromatic rings. The van der Waals surface area contributed by atoms with Crippen LogP contribution in [-0.2, 0) is 4.74 Å². The third-order valence-corrected chi connectivity index (χ3v) is 2.36. The van der Waals surface area contributed by atoms with Crippen LogP contribution in [0.4, 0.5) is 11.5 Å². The first-order valence-electron chi connectivity index (χ1n) is 5.67. The summed E-state index contributed by atoms with van der Waals surface area (Å²) >= 11 is 0. The van der Waals surface area contributed by atoms with Crippen molar-refractivity contribution in [3.05, 3.63) is 17.8 Å². The van der Waals surface area contributed by atoms with E-state index in [-0.39, 0.29) is 5.69 Å². The standard InChI is InChI=1S/C12H18N4O/c1-17-8-4-2-3-7-15-12-6-5-10(14)11(9-13)16-12/h5-6H,2-4,7-8,14H2,1H3,(H,15,16). The fourth-order valence-corrected chi connectivity index (χ4v) is 1.42. The summed E-state index contributed by atoms with van der Waals surface area (Å²) in [7, 11) is 1.71. The van der Waals surface area contributed by atoms with Crippen LogP contribution in [0.5, 0.6) is 0 Å². The highest BCUT2D eigenvalue weighted by atomic mass is 16.5. The molecule has 0 unspecified atom stereocenters. The van der Waals surface area contributed by atoms with E-state index in [0.717, 1.165) is 32.4 Å². The molecular formula is C12H18N4O. The summed E-state index contributed by atoms with van der Waals surface area (Å²) in [6.45, 7) is 1.64. The van der Waals surface area contributed by atoms with Gasteiger partial charge in [0.2, 0.25) is 0 Å². The number of nitrogen functional groups attached to an aromatic ring is 1. The number of hydrogen-bond acceptors (Lipinski definition) is 5. The number of pyridine rings is 1. The van der Waals surface area contributed by atoms with Gasteiger partial charge in [0.15, 0.2) is 5.69 Å². The van der Waals surface area contributed by atoms with Crippen molar-refractivity contribution in [2.45, 2.75) is 19.3 Å². The number of nitrogens with two attached hydrogens (primary N) is 1. The van der Waals surface area contributed by atoms with Crippen LogP contribution in [0.15, 0.2) is 12.1 Å². The fourth-order valence-electron chi connectivity index (χ4n) is 1.42. The number of ether oxygens (including phenoxy) is 1. The van der Waals surface area contributed by atoms with Crippen LogP contribution in [0, 0.1) is 11.3 Å². The van der Waals surface area contributed by atoms with E-state index >= 15 is 0 Å². The zero-order valence-electron chi connectivity index (χ0n) is 10.1. The Bertz CT molecular complexity index is 387. The first kappa shape index (κ1) is 13.3. The predicted octanol–water partition coefficient (Wildman–Crippen LogP) is 1.76. The molecule has 0 fully saturated rings. The van der Waals surface area contributed by atoms with Gasteiger partial charge in [-0.1, -0.05) is 0 Å². The molecule has 17 heavy (non-hydrogen) atoms. The molecule has 92 valence electrons. The highest BCUT2D eigenvalue weighted by Gasteiger charge is 2.01. The number of anilines is 2. The van der Waals surface area contributed by atoms with Gasteiger partial charge in [0.05, 0.1) is 5.69 Å². The number of nitrogens with zero attached hydrogens (tertiary/aromatic N) is 2. The smallest absolute Gasteiger partial charge is 0.165 e. The molecule has 0 amide bonds. The largest absolute Gasteiger partial charge is 0.396 e. The summed E-state index contributed by atoms with van der Waals surface area (Å²) in [5.41, 5.74) is 6.27. The molecule has 1 aromatic heterocycles. The molecule has 0 radical (unpaired) electrons. The van der Waals surface area contributed by atoms with Gasteiger partial charge in [0.25, 0.3) is 0 Å². The van der Waals surface area contributed by atoms with E-state index in [9.17, 15) is 0 Å². The van der Waals surface area contributed by atoms with Crippen molar-refractivity contribution in [2.75, 3.05) is 31.3 Å². The van der Waals surface area contributed by atoms with E-state index < -0.39 is 0 Å². The van der Waals surface area contributed by atoms with Crippen LogP contribution in [0.3, 0.4) is 0 Å². The Labute approximate surface area is 102 Å². The highest BCUT2D eigenvalue weighted by molar-refractivity contribution is 5.54. The van der Waals surface area contributed by atoms with E-state index in [1.54, 1.807) is 19.2 Å². The molecule has 5 nitrogen and oxygen atoms in total. The molecule has 1 heterocycles. The molecule has 0 saturated carbocycles. The summed E-state index contributed by atoms with van der Waals surface area (Å²) in [4.78, 5) is 4.10. The Morgan fingerprint density at radius 3 is 2.94 bits per heavy atom. The SMILES string of the molecule is COCCCCCNc1ccc(N)c(C#N)n1. The lowest BCUT2D eigenvalue weighted by Gasteiger charge is -2.06. The van der Waals surface area contributed by atoms with Gasteiger partial charge >= 0.3 is 0 Å². The number of methoxy groups -OCH3 is 1. The zero-order chi connectivity index (χ0) is 12.5. The second kappa shape index (κ2) is 7.47. The van der Waals surface area contributed by atoms with Crippen LogP contribution >= 0.6 is 0 Å². The summed E-state index contributed by atoms with van der Waals surface area (Å²) < 4.78 is 4.97. The Morgan fingerprint density at radius 1 is 1.41 bits per heavy atom. The van der Waals surface area contributed by atoms with Gasteiger partial charge in [-0.15, -0.1) is 0 Å². The monoisotopic (exact) mass is 234 g/mol. The molecule has 1 rings (SSSR count). The lowest BCUT2D eigenvalue weighted by atomic mass is 10.2. The topological polar surface area (TPSA) is 84.0 Å². The van der Waals surface area contributed by atoms with Gasteiger partial charge in [-0.2, -0.15) is 5.26 Å². The number of nitrogens with one attached hydrogen (secondary N) is 1. The van der Waals surface area contributed by atoms with Crippen molar-refractivity contribution in [3.8, 4) is 6.07 Å². The summed E-state index contributed by atoms with van der Waals surface area (Å²) in [5.74, 6) is 0.697. The molecule has 0 spiro atoms. The average Bonchev–Trinajstić information content (AvgIpc) is 2.35. The fraction of sp³-hybridized carbons (Fsp3) is 0.500. The van der Waals surface area contributed by atoms with Gasteiger partial charge in [0, 0.05) is 20.3 Å². The number of aromatic nitrogens is 1. The third-order valence-electron chi connectivity index (χ3n) is 2.36. The van der Waals surface area contributed by atoms with Crippen molar-refractivity contribution in [1.29, 1.82) is 5.26 Å². The molecule has 5 heteroatoms. The van der Waals surface area contributed by atoms with Crippen LogP contribution in [-0.4, -0.2) is 25.2 Å². The van der Waals surface area contributed by atoms with Gasteiger partial charge in [-0.05, 0) is 31.4 Å².